The van der Waals surface area contributed by atoms with Crippen molar-refractivity contribution in [2.75, 3.05) is 0 Å². The minimum Gasteiger partial charge on any atom is -0.412 e. The van der Waals surface area contributed by atoms with Crippen LogP contribution in [0.15, 0.2) is 121 Å². The largest absolute Gasteiger partial charge is 0.412 e. The predicted octanol–water partition coefficient (Wildman–Crippen LogP) is 3.02. The molecule has 0 aliphatic carbocycles. The first-order valence-corrected chi connectivity index (χ1v) is 9.13. The molecule has 0 aromatic heterocycles. The van der Waals surface area contributed by atoms with Crippen molar-refractivity contribution in [3.63, 3.8) is 0 Å². The van der Waals surface area contributed by atoms with Gasteiger partial charge < -0.3 is 11.0 Å². The van der Waals surface area contributed by atoms with Gasteiger partial charge in [-0.05, 0) is 16.9 Å². The molecule has 0 radical (unpaired) electrons. The van der Waals surface area contributed by atoms with Crippen molar-refractivity contribution in [1.29, 1.82) is 0 Å². The molecule has 4 N–H and O–H groups in total. The summed E-state index contributed by atoms with van der Waals surface area (Å²) in [4.78, 5) is 0. The van der Waals surface area contributed by atoms with Crippen LogP contribution in [-0.2, 0) is 0 Å². The minimum absolute atomic E-state index is 0. The van der Waals surface area contributed by atoms with Gasteiger partial charge in [0.1, 0.15) is 0 Å². The van der Waals surface area contributed by atoms with Crippen LogP contribution < -0.4 is 10.9 Å². The van der Waals surface area contributed by atoms with Crippen LogP contribution in [0.25, 0.3) is 0 Å². The monoisotopic (exact) mass is 368 g/mol. The molecule has 140 valence electrons. The van der Waals surface area contributed by atoms with E-state index in [2.05, 4.69) is 121 Å². The highest BCUT2D eigenvalue weighted by Gasteiger charge is 2.31. The molecule has 0 aliphatic heterocycles. The second-order valence-electron chi connectivity index (χ2n) is 6.60. The lowest BCUT2D eigenvalue weighted by atomic mass is 9.31. The molecule has 0 saturated heterocycles. The van der Waals surface area contributed by atoms with Crippen LogP contribution in [0.1, 0.15) is 16.9 Å². The maximum Gasteiger partial charge on any atom is 0.221 e. The average molecular weight is 368 g/mol. The minimum atomic E-state index is 0. The number of hydrogen-bond acceptors (Lipinski definition) is 0. The first kappa shape index (κ1) is 21.2. The van der Waals surface area contributed by atoms with E-state index in [4.69, 9.17) is 0 Å². The van der Waals surface area contributed by atoms with Gasteiger partial charge in [0.2, 0.25) is 6.71 Å². The summed E-state index contributed by atoms with van der Waals surface area (Å²) in [6.07, 6.45) is 0. The molecule has 4 aromatic carbocycles. The summed E-state index contributed by atoms with van der Waals surface area (Å²) in [6.45, 7) is 0.266. The highest BCUT2D eigenvalue weighted by atomic mass is 16.0. The Hall–Kier alpha value is -3.14. The summed E-state index contributed by atoms with van der Waals surface area (Å²) in [5.41, 5.74) is 5.38. The van der Waals surface area contributed by atoms with Crippen molar-refractivity contribution in [3.8, 4) is 0 Å². The molecule has 0 spiro atoms. The zero-order valence-corrected chi connectivity index (χ0v) is 15.7. The SMILES string of the molecule is O.O.c1ccc(B(c2ccccc2)C(c2ccccc2)c2ccccc2)cc1. The summed E-state index contributed by atoms with van der Waals surface area (Å²) in [6, 6.07) is 43.4. The van der Waals surface area contributed by atoms with Crippen LogP contribution >= 0.6 is 0 Å². The van der Waals surface area contributed by atoms with Crippen molar-refractivity contribution in [2.24, 2.45) is 0 Å². The van der Waals surface area contributed by atoms with Gasteiger partial charge in [-0.2, -0.15) is 0 Å². The first-order chi connectivity index (χ1) is 12.9. The zero-order chi connectivity index (χ0) is 17.6. The van der Waals surface area contributed by atoms with Crippen molar-refractivity contribution < 1.29 is 11.0 Å². The Balaban J connectivity index is 0.00000140. The van der Waals surface area contributed by atoms with Gasteiger partial charge in [-0.1, -0.05) is 132 Å². The van der Waals surface area contributed by atoms with E-state index in [1.807, 2.05) is 0 Å². The number of hydrogen-bond donors (Lipinski definition) is 0. The van der Waals surface area contributed by atoms with Gasteiger partial charge in [0, 0.05) is 0 Å². The summed E-state index contributed by atoms with van der Waals surface area (Å²) < 4.78 is 0. The van der Waals surface area contributed by atoms with E-state index in [0.29, 0.717) is 0 Å². The smallest absolute Gasteiger partial charge is 0.221 e. The summed E-state index contributed by atoms with van der Waals surface area (Å²) in [5, 5.41) is 0. The predicted molar refractivity (Wildman–Crippen MR) is 120 cm³/mol. The Labute approximate surface area is 167 Å². The molecule has 0 amide bonds. The van der Waals surface area contributed by atoms with E-state index in [1.54, 1.807) is 0 Å². The summed E-state index contributed by atoms with van der Waals surface area (Å²) >= 11 is 0. The van der Waals surface area contributed by atoms with Gasteiger partial charge in [-0.25, -0.2) is 0 Å². The fourth-order valence-corrected chi connectivity index (χ4v) is 3.80. The van der Waals surface area contributed by atoms with Crippen LogP contribution in [-0.4, -0.2) is 17.7 Å². The van der Waals surface area contributed by atoms with Crippen molar-refractivity contribution >= 4 is 17.6 Å². The molecule has 4 rings (SSSR count). The van der Waals surface area contributed by atoms with Crippen LogP contribution in [0, 0.1) is 0 Å². The fraction of sp³-hybridized carbons (Fsp3) is 0.0400. The van der Waals surface area contributed by atoms with Crippen LogP contribution in [0.3, 0.4) is 0 Å². The van der Waals surface area contributed by atoms with Gasteiger partial charge in [0.25, 0.3) is 0 Å². The van der Waals surface area contributed by atoms with Crippen LogP contribution in [0.2, 0.25) is 0 Å². The topological polar surface area (TPSA) is 63.0 Å². The quantitative estimate of drug-likeness (QED) is 0.486. The summed E-state index contributed by atoms with van der Waals surface area (Å²) in [5.74, 6) is 0.266. The van der Waals surface area contributed by atoms with Crippen LogP contribution in [0.5, 0.6) is 0 Å². The molecule has 28 heavy (non-hydrogen) atoms. The first-order valence-electron chi connectivity index (χ1n) is 9.13. The second-order valence-corrected chi connectivity index (χ2v) is 6.60. The maximum absolute atomic E-state index is 2.25. The Bertz CT molecular complexity index is 769. The number of benzene rings is 4. The van der Waals surface area contributed by atoms with Gasteiger partial charge in [-0.15, -0.1) is 0 Å². The van der Waals surface area contributed by atoms with E-state index in [-0.39, 0.29) is 23.5 Å². The molecule has 0 atom stereocenters. The van der Waals surface area contributed by atoms with E-state index < -0.39 is 0 Å². The third kappa shape index (κ3) is 4.58. The fourth-order valence-electron chi connectivity index (χ4n) is 3.80. The lowest BCUT2D eigenvalue weighted by Gasteiger charge is -2.26. The Morgan fingerprint density at radius 2 is 0.679 bits per heavy atom. The zero-order valence-electron chi connectivity index (χ0n) is 15.7. The molecule has 0 fully saturated rings. The molecule has 4 aromatic rings. The molecular formula is C25H25BO2. The lowest BCUT2D eigenvalue weighted by molar-refractivity contribution is 0.823. The lowest BCUT2D eigenvalue weighted by Crippen LogP contribution is -2.47. The molecule has 3 heteroatoms. The number of rotatable bonds is 5. The molecule has 2 nitrogen and oxygen atoms in total. The molecule has 0 unspecified atom stereocenters. The van der Waals surface area contributed by atoms with Gasteiger partial charge in [0.15, 0.2) is 0 Å². The highest BCUT2D eigenvalue weighted by Crippen LogP contribution is 2.27. The Morgan fingerprint density at radius 1 is 0.393 bits per heavy atom. The Kier molecular flexibility index (Phi) is 7.76. The normalized spacial score (nSPS) is 9.89. The van der Waals surface area contributed by atoms with Gasteiger partial charge in [-0.3, -0.25) is 0 Å². The molecule has 0 heterocycles. The maximum atomic E-state index is 2.25. The van der Waals surface area contributed by atoms with Gasteiger partial charge in [0.05, 0.1) is 0 Å². The van der Waals surface area contributed by atoms with E-state index in [1.165, 1.54) is 22.1 Å². The molecule has 0 aliphatic rings. The molecule has 0 saturated carbocycles. The van der Waals surface area contributed by atoms with Gasteiger partial charge >= 0.3 is 0 Å². The highest BCUT2D eigenvalue weighted by molar-refractivity contribution is 6.86. The molecule has 0 bridgehead atoms. The van der Waals surface area contributed by atoms with Crippen molar-refractivity contribution in [2.45, 2.75) is 5.82 Å². The third-order valence-electron chi connectivity index (χ3n) is 4.97. The standard InChI is InChI=1S/C25H21B.2H2O/c1-5-13-21(14-6-1)25(22-15-7-2-8-16-22)26(23-17-9-3-10-18-23)24-19-11-4-12-20-24;;/h1-20,25H;2*1H2. The van der Waals surface area contributed by atoms with Crippen molar-refractivity contribution in [3.05, 3.63) is 132 Å². The van der Waals surface area contributed by atoms with E-state index in [0.717, 1.165) is 0 Å². The van der Waals surface area contributed by atoms with Crippen molar-refractivity contribution in [1.82, 2.24) is 0 Å². The van der Waals surface area contributed by atoms with E-state index >= 15 is 0 Å². The van der Waals surface area contributed by atoms with Crippen LogP contribution in [0.4, 0.5) is 0 Å². The average Bonchev–Trinajstić information content (AvgIpc) is 2.74. The summed E-state index contributed by atoms with van der Waals surface area (Å²) in [7, 11) is 0. The van der Waals surface area contributed by atoms with E-state index in [9.17, 15) is 0 Å². The second kappa shape index (κ2) is 10.3. The Morgan fingerprint density at radius 3 is 1.00 bits per heavy atom. The third-order valence-corrected chi connectivity index (χ3v) is 4.97. The molecular weight excluding hydrogens is 343 g/mol.